The van der Waals surface area contributed by atoms with Crippen LogP contribution < -0.4 is 11.0 Å². The molecule has 7 nitrogen and oxygen atoms in total. The zero-order chi connectivity index (χ0) is 20.7. The number of nitrogens with one attached hydrogen (secondary N) is 1. The van der Waals surface area contributed by atoms with Gasteiger partial charge in [-0.2, -0.15) is 0 Å². The Labute approximate surface area is 179 Å². The van der Waals surface area contributed by atoms with Crippen molar-refractivity contribution in [3.05, 3.63) is 90.9 Å². The number of aromatic nitrogens is 3. The first-order chi connectivity index (χ1) is 14.6. The van der Waals surface area contributed by atoms with E-state index in [1.54, 1.807) is 24.5 Å². The molecule has 0 spiro atoms. The molecule has 30 heavy (non-hydrogen) atoms. The van der Waals surface area contributed by atoms with Gasteiger partial charge in [-0.15, -0.1) is 0 Å². The zero-order valence-corrected chi connectivity index (χ0v) is 17.5. The number of hydrogen-bond acceptors (Lipinski definition) is 6. The van der Waals surface area contributed by atoms with Crippen LogP contribution in [0.4, 0.5) is 0 Å². The van der Waals surface area contributed by atoms with Gasteiger partial charge in [0.15, 0.2) is 5.43 Å². The number of rotatable bonds is 3. The van der Waals surface area contributed by atoms with Crippen molar-refractivity contribution in [1.29, 1.82) is 0 Å². The molecular formula is C22H17BrN4O3. The van der Waals surface area contributed by atoms with Crippen molar-refractivity contribution >= 4 is 26.9 Å². The van der Waals surface area contributed by atoms with Crippen LogP contribution in [-0.4, -0.2) is 26.4 Å². The molecule has 0 aliphatic carbocycles. The molecule has 8 heteroatoms. The van der Waals surface area contributed by atoms with Gasteiger partial charge in [0.25, 0.3) is 5.56 Å². The highest BCUT2D eigenvalue weighted by atomic mass is 79.9. The third kappa shape index (κ3) is 3.48. The Hall–Kier alpha value is -3.10. The van der Waals surface area contributed by atoms with Crippen molar-refractivity contribution in [3.8, 4) is 11.4 Å². The number of benzene rings is 1. The maximum absolute atomic E-state index is 12.9. The normalized spacial score (nSPS) is 14.0. The largest absolute Gasteiger partial charge is 0.464 e. The standard InChI is InChI=1S/C22H17BrN4O3/c23-15-1-2-19-16(9-15)20(28)14(12-30-19)10-27-8-5-18-17(11-27)22(29)26-21(25-18)13-3-6-24-7-4-13/h1-4,6-7,9,12H,5,8,10-11H2,(H,25,26,29). The fraction of sp³-hybridized carbons (Fsp3) is 0.182. The van der Waals surface area contributed by atoms with Crippen LogP contribution in [0.1, 0.15) is 16.8 Å². The lowest BCUT2D eigenvalue weighted by Gasteiger charge is -2.27. The summed E-state index contributed by atoms with van der Waals surface area (Å²) in [6.07, 6.45) is 5.50. The van der Waals surface area contributed by atoms with E-state index in [1.807, 2.05) is 18.2 Å². The van der Waals surface area contributed by atoms with E-state index in [2.05, 4.69) is 35.8 Å². The molecule has 5 rings (SSSR count). The summed E-state index contributed by atoms with van der Waals surface area (Å²) in [6, 6.07) is 9.01. The number of pyridine rings is 1. The Morgan fingerprint density at radius 2 is 2.00 bits per heavy atom. The first-order valence-corrected chi connectivity index (χ1v) is 10.3. The lowest BCUT2D eigenvalue weighted by atomic mass is 10.1. The quantitative estimate of drug-likeness (QED) is 0.500. The highest BCUT2D eigenvalue weighted by Crippen LogP contribution is 2.21. The van der Waals surface area contributed by atoms with Gasteiger partial charge in [0, 0.05) is 54.0 Å². The van der Waals surface area contributed by atoms with Crippen molar-refractivity contribution in [2.45, 2.75) is 19.5 Å². The number of nitrogens with zero attached hydrogens (tertiary/aromatic N) is 3. The molecule has 0 amide bonds. The summed E-state index contributed by atoms with van der Waals surface area (Å²) in [4.78, 5) is 39.2. The van der Waals surface area contributed by atoms with Gasteiger partial charge in [-0.25, -0.2) is 4.98 Å². The van der Waals surface area contributed by atoms with Gasteiger partial charge in [0.1, 0.15) is 11.4 Å². The molecule has 150 valence electrons. The molecule has 3 aromatic heterocycles. The minimum atomic E-state index is -0.147. The topological polar surface area (TPSA) is 92.1 Å². The van der Waals surface area contributed by atoms with Crippen LogP contribution in [0, 0.1) is 0 Å². The predicted octanol–water partition coefficient (Wildman–Crippen LogP) is 3.26. The summed E-state index contributed by atoms with van der Waals surface area (Å²) >= 11 is 3.40. The fourth-order valence-electron chi connectivity index (χ4n) is 3.76. The van der Waals surface area contributed by atoms with Crippen LogP contribution in [-0.2, 0) is 19.5 Å². The Morgan fingerprint density at radius 3 is 2.83 bits per heavy atom. The van der Waals surface area contributed by atoms with Crippen molar-refractivity contribution in [2.24, 2.45) is 0 Å². The molecule has 1 aromatic carbocycles. The van der Waals surface area contributed by atoms with Gasteiger partial charge in [0.2, 0.25) is 0 Å². The second-order valence-electron chi connectivity index (χ2n) is 7.27. The van der Waals surface area contributed by atoms with Crippen molar-refractivity contribution < 1.29 is 4.42 Å². The predicted molar refractivity (Wildman–Crippen MR) is 116 cm³/mol. The molecule has 0 radical (unpaired) electrons. The van der Waals surface area contributed by atoms with Crippen LogP contribution in [0.2, 0.25) is 0 Å². The van der Waals surface area contributed by atoms with Gasteiger partial charge in [-0.3, -0.25) is 19.5 Å². The molecule has 0 fully saturated rings. The van der Waals surface area contributed by atoms with E-state index < -0.39 is 0 Å². The van der Waals surface area contributed by atoms with Crippen LogP contribution >= 0.6 is 15.9 Å². The Balaban J connectivity index is 1.43. The number of fused-ring (bicyclic) bond motifs is 2. The molecular weight excluding hydrogens is 448 g/mol. The van der Waals surface area contributed by atoms with Gasteiger partial charge in [0.05, 0.1) is 22.9 Å². The molecule has 0 saturated carbocycles. The first kappa shape index (κ1) is 18.9. The maximum Gasteiger partial charge on any atom is 0.255 e. The van der Waals surface area contributed by atoms with Gasteiger partial charge >= 0.3 is 0 Å². The number of H-pyrrole nitrogens is 1. The van der Waals surface area contributed by atoms with E-state index in [0.29, 0.717) is 54.0 Å². The summed E-state index contributed by atoms with van der Waals surface area (Å²) in [5.74, 6) is 0.551. The number of aromatic amines is 1. The summed E-state index contributed by atoms with van der Waals surface area (Å²) in [5.41, 5.74) is 3.20. The highest BCUT2D eigenvalue weighted by molar-refractivity contribution is 9.10. The monoisotopic (exact) mass is 464 g/mol. The molecule has 0 saturated heterocycles. The number of halogens is 1. The van der Waals surface area contributed by atoms with E-state index in [0.717, 1.165) is 15.7 Å². The molecule has 0 unspecified atom stereocenters. The van der Waals surface area contributed by atoms with Crippen molar-refractivity contribution in [1.82, 2.24) is 19.9 Å². The van der Waals surface area contributed by atoms with E-state index in [9.17, 15) is 9.59 Å². The third-order valence-corrected chi connectivity index (χ3v) is 5.79. The van der Waals surface area contributed by atoms with Crippen LogP contribution in [0.3, 0.4) is 0 Å². The lowest BCUT2D eigenvalue weighted by Crippen LogP contribution is -2.36. The average molecular weight is 465 g/mol. The maximum atomic E-state index is 12.9. The molecule has 1 aliphatic rings. The summed E-state index contributed by atoms with van der Waals surface area (Å²) in [7, 11) is 0. The zero-order valence-electron chi connectivity index (χ0n) is 15.9. The summed E-state index contributed by atoms with van der Waals surface area (Å²) < 4.78 is 6.47. The Bertz CT molecular complexity index is 1360. The van der Waals surface area contributed by atoms with E-state index in [4.69, 9.17) is 4.42 Å². The van der Waals surface area contributed by atoms with Crippen molar-refractivity contribution in [2.75, 3.05) is 6.54 Å². The lowest BCUT2D eigenvalue weighted by molar-refractivity contribution is 0.239. The number of hydrogen-bond donors (Lipinski definition) is 1. The van der Waals surface area contributed by atoms with E-state index in [1.165, 1.54) is 6.26 Å². The minimum Gasteiger partial charge on any atom is -0.464 e. The minimum absolute atomic E-state index is 0.0524. The summed E-state index contributed by atoms with van der Waals surface area (Å²) in [6.45, 7) is 1.55. The fourth-order valence-corrected chi connectivity index (χ4v) is 4.12. The van der Waals surface area contributed by atoms with Crippen molar-refractivity contribution in [3.63, 3.8) is 0 Å². The molecule has 4 heterocycles. The first-order valence-electron chi connectivity index (χ1n) is 9.53. The van der Waals surface area contributed by atoms with E-state index in [-0.39, 0.29) is 11.0 Å². The molecule has 1 N–H and O–H groups in total. The van der Waals surface area contributed by atoms with Crippen LogP contribution in [0.25, 0.3) is 22.4 Å². The van der Waals surface area contributed by atoms with Gasteiger partial charge in [-0.05, 0) is 30.3 Å². The Morgan fingerprint density at radius 1 is 1.17 bits per heavy atom. The SMILES string of the molecule is O=c1[nH]c(-c2ccncc2)nc2c1CN(Cc1coc3ccc(Br)cc3c1=O)CC2. The van der Waals surface area contributed by atoms with Gasteiger partial charge in [-0.1, -0.05) is 15.9 Å². The van der Waals surface area contributed by atoms with Gasteiger partial charge < -0.3 is 9.40 Å². The smallest absolute Gasteiger partial charge is 0.255 e. The molecule has 0 atom stereocenters. The third-order valence-electron chi connectivity index (χ3n) is 5.30. The molecule has 0 bridgehead atoms. The summed E-state index contributed by atoms with van der Waals surface area (Å²) in [5, 5.41) is 0.542. The average Bonchev–Trinajstić information content (AvgIpc) is 2.77. The van der Waals surface area contributed by atoms with Crippen LogP contribution in [0.15, 0.2) is 67.5 Å². The second-order valence-corrected chi connectivity index (χ2v) is 8.18. The van der Waals surface area contributed by atoms with E-state index >= 15 is 0 Å². The highest BCUT2D eigenvalue weighted by Gasteiger charge is 2.22. The second kappa shape index (κ2) is 7.62. The Kier molecular flexibility index (Phi) is 4.80. The van der Waals surface area contributed by atoms with Crippen LogP contribution in [0.5, 0.6) is 0 Å². The molecule has 4 aromatic rings. The molecule has 1 aliphatic heterocycles.